The molecule has 0 amide bonds. The van der Waals surface area contributed by atoms with Crippen LogP contribution in [0.2, 0.25) is 0 Å². The molecule has 1 saturated heterocycles. The Kier molecular flexibility index (Phi) is 5.61. The standard InChI is InChI=1S/C16H25NO2S/c1-11(17)7-12-9-16(19-3)13(10-15(12)18-2)8-14-5-4-6-20-14/h9-11,14H,4-8,17H2,1-3H3. The SMILES string of the molecule is COc1cc(CC2CCCS2)c(OC)cc1CC(C)N. The van der Waals surface area contributed by atoms with Crippen LogP contribution in [-0.2, 0) is 12.8 Å². The van der Waals surface area contributed by atoms with Crippen LogP contribution in [0.5, 0.6) is 11.5 Å². The summed E-state index contributed by atoms with van der Waals surface area (Å²) in [7, 11) is 3.46. The zero-order valence-electron chi connectivity index (χ0n) is 12.6. The van der Waals surface area contributed by atoms with E-state index < -0.39 is 0 Å². The molecule has 1 aromatic carbocycles. The minimum absolute atomic E-state index is 0.116. The van der Waals surface area contributed by atoms with Crippen LogP contribution in [0.15, 0.2) is 12.1 Å². The van der Waals surface area contributed by atoms with Crippen molar-refractivity contribution >= 4 is 11.8 Å². The molecule has 0 spiro atoms. The van der Waals surface area contributed by atoms with Crippen molar-refractivity contribution in [1.82, 2.24) is 0 Å². The molecule has 0 aromatic heterocycles. The summed E-state index contributed by atoms with van der Waals surface area (Å²) in [4.78, 5) is 0. The first-order valence-electron chi connectivity index (χ1n) is 7.25. The Morgan fingerprint density at radius 1 is 1.25 bits per heavy atom. The predicted octanol–water partition coefficient (Wildman–Crippen LogP) is 3.03. The zero-order chi connectivity index (χ0) is 14.5. The maximum Gasteiger partial charge on any atom is 0.122 e. The maximum atomic E-state index is 5.91. The summed E-state index contributed by atoms with van der Waals surface area (Å²) in [6, 6.07) is 4.34. The molecule has 1 fully saturated rings. The largest absolute Gasteiger partial charge is 0.496 e. The Hall–Kier alpha value is -0.870. The lowest BCUT2D eigenvalue weighted by Crippen LogP contribution is -2.18. The van der Waals surface area contributed by atoms with Crippen LogP contribution in [0.4, 0.5) is 0 Å². The lowest BCUT2D eigenvalue weighted by Gasteiger charge is -2.17. The first-order chi connectivity index (χ1) is 9.63. The van der Waals surface area contributed by atoms with E-state index in [9.17, 15) is 0 Å². The molecule has 3 nitrogen and oxygen atoms in total. The number of hydrogen-bond donors (Lipinski definition) is 1. The third kappa shape index (κ3) is 3.83. The van der Waals surface area contributed by atoms with Crippen molar-refractivity contribution in [2.45, 2.75) is 43.9 Å². The fourth-order valence-electron chi connectivity index (χ4n) is 2.74. The van der Waals surface area contributed by atoms with Crippen LogP contribution in [0.3, 0.4) is 0 Å². The van der Waals surface area contributed by atoms with Crippen molar-refractivity contribution in [1.29, 1.82) is 0 Å². The van der Waals surface area contributed by atoms with E-state index in [1.54, 1.807) is 14.2 Å². The van der Waals surface area contributed by atoms with Gasteiger partial charge in [0.15, 0.2) is 0 Å². The van der Waals surface area contributed by atoms with Crippen molar-refractivity contribution in [2.24, 2.45) is 5.73 Å². The van der Waals surface area contributed by atoms with E-state index in [-0.39, 0.29) is 6.04 Å². The van der Waals surface area contributed by atoms with E-state index in [2.05, 4.69) is 23.9 Å². The molecule has 4 heteroatoms. The van der Waals surface area contributed by atoms with Crippen LogP contribution in [0.1, 0.15) is 30.9 Å². The van der Waals surface area contributed by atoms with Crippen molar-refractivity contribution in [2.75, 3.05) is 20.0 Å². The molecule has 20 heavy (non-hydrogen) atoms. The van der Waals surface area contributed by atoms with Gasteiger partial charge >= 0.3 is 0 Å². The van der Waals surface area contributed by atoms with Crippen molar-refractivity contribution in [3.05, 3.63) is 23.3 Å². The van der Waals surface area contributed by atoms with Crippen molar-refractivity contribution in [3.63, 3.8) is 0 Å². The Labute approximate surface area is 126 Å². The Morgan fingerprint density at radius 3 is 2.45 bits per heavy atom. The molecule has 0 bridgehead atoms. The first-order valence-corrected chi connectivity index (χ1v) is 8.30. The highest BCUT2D eigenvalue weighted by Crippen LogP contribution is 2.35. The lowest BCUT2D eigenvalue weighted by molar-refractivity contribution is 0.393. The van der Waals surface area contributed by atoms with Gasteiger partial charge in [-0.05, 0) is 61.6 Å². The molecule has 2 rings (SSSR count). The van der Waals surface area contributed by atoms with E-state index in [1.165, 1.54) is 24.2 Å². The van der Waals surface area contributed by atoms with Gasteiger partial charge in [0.05, 0.1) is 14.2 Å². The first kappa shape index (κ1) is 15.5. The van der Waals surface area contributed by atoms with Gasteiger partial charge in [-0.15, -0.1) is 0 Å². The lowest BCUT2D eigenvalue weighted by atomic mass is 9.99. The van der Waals surface area contributed by atoms with E-state index in [0.29, 0.717) is 5.25 Å². The topological polar surface area (TPSA) is 44.5 Å². The minimum atomic E-state index is 0.116. The Balaban J connectivity index is 2.25. The molecule has 2 unspecified atom stereocenters. The summed E-state index contributed by atoms with van der Waals surface area (Å²) >= 11 is 2.07. The molecule has 112 valence electrons. The van der Waals surface area contributed by atoms with Gasteiger partial charge < -0.3 is 15.2 Å². The van der Waals surface area contributed by atoms with Crippen LogP contribution < -0.4 is 15.2 Å². The number of methoxy groups -OCH3 is 2. The van der Waals surface area contributed by atoms with Gasteiger partial charge in [0.25, 0.3) is 0 Å². The van der Waals surface area contributed by atoms with Gasteiger partial charge in [-0.1, -0.05) is 0 Å². The molecule has 2 atom stereocenters. The average Bonchev–Trinajstić information content (AvgIpc) is 2.92. The van der Waals surface area contributed by atoms with Crippen LogP contribution in [0.25, 0.3) is 0 Å². The van der Waals surface area contributed by atoms with Crippen LogP contribution in [0, 0.1) is 0 Å². The summed E-state index contributed by atoms with van der Waals surface area (Å²) in [5, 5.41) is 0.716. The quantitative estimate of drug-likeness (QED) is 0.876. The van der Waals surface area contributed by atoms with E-state index in [1.807, 2.05) is 6.92 Å². The fourth-order valence-corrected chi connectivity index (χ4v) is 4.04. The van der Waals surface area contributed by atoms with Gasteiger partial charge in [-0.25, -0.2) is 0 Å². The summed E-state index contributed by atoms with van der Waals surface area (Å²) < 4.78 is 11.1. The number of ether oxygens (including phenoxy) is 2. The highest BCUT2D eigenvalue weighted by Gasteiger charge is 2.20. The third-order valence-corrected chi connectivity index (χ3v) is 5.10. The smallest absolute Gasteiger partial charge is 0.122 e. The number of benzene rings is 1. The highest BCUT2D eigenvalue weighted by atomic mass is 32.2. The van der Waals surface area contributed by atoms with Gasteiger partial charge in [-0.3, -0.25) is 0 Å². The molecule has 1 heterocycles. The molecular weight excluding hydrogens is 270 g/mol. The van der Waals surface area contributed by atoms with E-state index >= 15 is 0 Å². The summed E-state index contributed by atoms with van der Waals surface area (Å²) in [6.07, 6.45) is 4.50. The molecular formula is C16H25NO2S. The summed E-state index contributed by atoms with van der Waals surface area (Å²) in [5.41, 5.74) is 8.28. The van der Waals surface area contributed by atoms with Gasteiger partial charge in [0, 0.05) is 11.3 Å². The van der Waals surface area contributed by atoms with Gasteiger partial charge in [-0.2, -0.15) is 11.8 Å². The monoisotopic (exact) mass is 295 g/mol. The molecule has 1 aliphatic heterocycles. The second kappa shape index (κ2) is 7.23. The highest BCUT2D eigenvalue weighted by molar-refractivity contribution is 8.00. The molecule has 1 aliphatic rings. The van der Waals surface area contributed by atoms with Crippen LogP contribution in [-0.4, -0.2) is 31.3 Å². The third-order valence-electron chi connectivity index (χ3n) is 3.70. The zero-order valence-corrected chi connectivity index (χ0v) is 13.5. The molecule has 2 N–H and O–H groups in total. The number of hydrogen-bond acceptors (Lipinski definition) is 4. The molecule has 1 aromatic rings. The normalized spacial score (nSPS) is 19.9. The Bertz CT molecular complexity index is 442. The van der Waals surface area contributed by atoms with Gasteiger partial charge in [0.1, 0.15) is 11.5 Å². The second-order valence-corrected chi connectivity index (χ2v) is 6.90. The van der Waals surface area contributed by atoms with Crippen molar-refractivity contribution in [3.8, 4) is 11.5 Å². The molecule has 0 radical (unpaired) electrons. The van der Waals surface area contributed by atoms with Crippen molar-refractivity contribution < 1.29 is 9.47 Å². The number of thioether (sulfide) groups is 1. The van der Waals surface area contributed by atoms with E-state index in [4.69, 9.17) is 15.2 Å². The predicted molar refractivity (Wildman–Crippen MR) is 86.1 cm³/mol. The minimum Gasteiger partial charge on any atom is -0.496 e. The average molecular weight is 295 g/mol. The number of rotatable bonds is 6. The van der Waals surface area contributed by atoms with Gasteiger partial charge in [0.2, 0.25) is 0 Å². The van der Waals surface area contributed by atoms with Crippen LogP contribution >= 0.6 is 11.8 Å². The Morgan fingerprint density at radius 2 is 1.90 bits per heavy atom. The second-order valence-electron chi connectivity index (χ2n) is 5.50. The summed E-state index contributed by atoms with van der Waals surface area (Å²) in [6.45, 7) is 2.01. The fraction of sp³-hybridized carbons (Fsp3) is 0.625. The molecule has 0 aliphatic carbocycles. The summed E-state index contributed by atoms with van der Waals surface area (Å²) in [5.74, 6) is 3.18. The molecule has 0 saturated carbocycles. The van der Waals surface area contributed by atoms with E-state index in [0.717, 1.165) is 29.9 Å². The maximum absolute atomic E-state index is 5.91. The number of nitrogens with two attached hydrogens (primary N) is 1.